The largest absolute Gasteiger partial charge is 0.385 e. The van der Waals surface area contributed by atoms with Gasteiger partial charge in [0.05, 0.1) is 5.60 Å². The minimum Gasteiger partial charge on any atom is -0.385 e. The molecule has 0 heterocycles. The Hall–Kier alpha value is -1.08. The molecular formula is C21H28O. The monoisotopic (exact) mass is 296 g/mol. The van der Waals surface area contributed by atoms with Gasteiger partial charge >= 0.3 is 0 Å². The van der Waals surface area contributed by atoms with Gasteiger partial charge in [0.1, 0.15) is 0 Å². The first-order valence-electron chi connectivity index (χ1n) is 8.84. The number of rotatable bonds is 3. The Morgan fingerprint density at radius 3 is 1.68 bits per heavy atom. The van der Waals surface area contributed by atoms with Gasteiger partial charge < -0.3 is 5.11 Å². The van der Waals surface area contributed by atoms with Crippen molar-refractivity contribution >= 4 is 0 Å². The lowest BCUT2D eigenvalue weighted by Crippen LogP contribution is -2.35. The van der Waals surface area contributed by atoms with Crippen LogP contribution < -0.4 is 0 Å². The molecule has 1 N–H and O–H groups in total. The van der Waals surface area contributed by atoms with Crippen LogP contribution in [0.2, 0.25) is 0 Å². The molecule has 2 fully saturated rings. The molecule has 0 amide bonds. The first kappa shape index (κ1) is 14.5. The Labute approximate surface area is 134 Å². The lowest BCUT2D eigenvalue weighted by atomic mass is 9.72. The normalized spacial score (nSPS) is 26.0. The lowest BCUT2D eigenvalue weighted by Gasteiger charge is -2.34. The van der Waals surface area contributed by atoms with Crippen LogP contribution in [0.4, 0.5) is 0 Å². The van der Waals surface area contributed by atoms with Gasteiger partial charge in [-0.2, -0.15) is 0 Å². The third-order valence-electron chi connectivity index (χ3n) is 6.46. The summed E-state index contributed by atoms with van der Waals surface area (Å²) in [6.45, 7) is 9.30. The fourth-order valence-electron chi connectivity index (χ4n) is 4.90. The summed E-state index contributed by atoms with van der Waals surface area (Å²) < 4.78 is 0. The van der Waals surface area contributed by atoms with Crippen LogP contribution in [0.1, 0.15) is 64.5 Å². The molecule has 1 nitrogen and oxygen atoms in total. The summed E-state index contributed by atoms with van der Waals surface area (Å²) in [5.74, 6) is 1.01. The Morgan fingerprint density at radius 1 is 0.909 bits per heavy atom. The number of fused-ring (bicyclic) bond motifs is 1. The van der Waals surface area contributed by atoms with E-state index in [2.05, 4.69) is 58.0 Å². The zero-order valence-electron chi connectivity index (χ0n) is 14.3. The van der Waals surface area contributed by atoms with E-state index < -0.39 is 5.60 Å². The molecule has 0 atom stereocenters. The maximum atomic E-state index is 11.4. The van der Waals surface area contributed by atoms with E-state index in [9.17, 15) is 5.11 Å². The molecule has 1 heteroatoms. The van der Waals surface area contributed by atoms with Gasteiger partial charge in [-0.1, -0.05) is 63.6 Å². The molecule has 0 aromatic heterocycles. The molecule has 0 aliphatic heterocycles. The Morgan fingerprint density at radius 2 is 1.32 bits per heavy atom. The molecule has 0 radical (unpaired) electrons. The van der Waals surface area contributed by atoms with E-state index in [-0.39, 0.29) is 10.8 Å². The molecule has 0 bridgehead atoms. The van der Waals surface area contributed by atoms with Crippen LogP contribution in [0, 0.1) is 11.8 Å². The third kappa shape index (κ3) is 1.88. The summed E-state index contributed by atoms with van der Waals surface area (Å²) in [7, 11) is 0. The standard InChI is InChI=1S/C21H28O/c1-19(2)16-7-5-6-8-17(16)20(3,4)18(19)13-21(22,14-9-10-14)15-11-12-15/h5-8,13-15,22H,9-12H2,1-4H3. The van der Waals surface area contributed by atoms with Crippen LogP contribution in [-0.4, -0.2) is 10.7 Å². The minimum atomic E-state index is -0.550. The van der Waals surface area contributed by atoms with Gasteiger partial charge in [-0.3, -0.25) is 0 Å². The molecule has 4 rings (SSSR count). The van der Waals surface area contributed by atoms with Crippen LogP contribution in [0.3, 0.4) is 0 Å². The summed E-state index contributed by atoms with van der Waals surface area (Å²) in [6, 6.07) is 8.83. The minimum absolute atomic E-state index is 0.0118. The zero-order valence-corrected chi connectivity index (χ0v) is 14.3. The van der Waals surface area contributed by atoms with Gasteiger partial charge in [0.15, 0.2) is 0 Å². The van der Waals surface area contributed by atoms with Crippen molar-refractivity contribution in [3.05, 3.63) is 47.0 Å². The molecule has 22 heavy (non-hydrogen) atoms. The molecule has 1 aromatic carbocycles. The van der Waals surface area contributed by atoms with E-state index in [1.165, 1.54) is 42.4 Å². The molecule has 0 unspecified atom stereocenters. The highest BCUT2D eigenvalue weighted by molar-refractivity contribution is 5.58. The van der Waals surface area contributed by atoms with E-state index >= 15 is 0 Å². The van der Waals surface area contributed by atoms with E-state index in [1.54, 1.807) is 0 Å². The first-order valence-corrected chi connectivity index (χ1v) is 8.84. The van der Waals surface area contributed by atoms with Crippen LogP contribution in [0.15, 0.2) is 35.9 Å². The van der Waals surface area contributed by atoms with Gasteiger partial charge in [0.25, 0.3) is 0 Å². The van der Waals surface area contributed by atoms with Gasteiger partial charge in [-0.15, -0.1) is 0 Å². The van der Waals surface area contributed by atoms with E-state index in [4.69, 9.17) is 0 Å². The summed E-state index contributed by atoms with van der Waals surface area (Å²) in [4.78, 5) is 0. The average molecular weight is 296 g/mol. The highest BCUT2D eigenvalue weighted by atomic mass is 16.3. The summed E-state index contributed by atoms with van der Waals surface area (Å²) in [5.41, 5.74) is 3.75. The molecule has 2 saturated carbocycles. The maximum Gasteiger partial charge on any atom is 0.0886 e. The zero-order chi connectivity index (χ0) is 15.8. The summed E-state index contributed by atoms with van der Waals surface area (Å²) >= 11 is 0. The molecule has 0 spiro atoms. The quantitative estimate of drug-likeness (QED) is 0.799. The van der Waals surface area contributed by atoms with Gasteiger partial charge in [-0.05, 0) is 48.6 Å². The number of benzene rings is 1. The van der Waals surface area contributed by atoms with Crippen molar-refractivity contribution in [2.24, 2.45) is 11.8 Å². The first-order chi connectivity index (χ1) is 10.3. The van der Waals surface area contributed by atoms with Gasteiger partial charge in [-0.25, -0.2) is 0 Å². The SMILES string of the molecule is CC1(C)C(=CC(O)(C2CC2)C2CC2)C(C)(C)c2ccccc21. The molecule has 118 valence electrons. The lowest BCUT2D eigenvalue weighted by molar-refractivity contribution is 0.0424. The second-order valence-corrected chi connectivity index (χ2v) is 8.79. The Bertz CT molecular complexity index is 593. The fraction of sp³-hybridized carbons (Fsp3) is 0.619. The Kier molecular flexibility index (Phi) is 2.81. The Balaban J connectivity index is 1.86. The molecular weight excluding hydrogens is 268 g/mol. The maximum absolute atomic E-state index is 11.4. The van der Waals surface area contributed by atoms with Crippen molar-refractivity contribution in [3.8, 4) is 0 Å². The number of aliphatic hydroxyl groups is 1. The van der Waals surface area contributed by atoms with Crippen molar-refractivity contribution in [1.29, 1.82) is 0 Å². The van der Waals surface area contributed by atoms with Crippen LogP contribution in [-0.2, 0) is 10.8 Å². The summed E-state index contributed by atoms with van der Waals surface area (Å²) in [6.07, 6.45) is 7.10. The van der Waals surface area contributed by atoms with E-state index in [1.807, 2.05) is 0 Å². The smallest absolute Gasteiger partial charge is 0.0886 e. The van der Waals surface area contributed by atoms with E-state index in [0.29, 0.717) is 11.8 Å². The van der Waals surface area contributed by atoms with Crippen molar-refractivity contribution < 1.29 is 5.11 Å². The highest BCUT2D eigenvalue weighted by Gasteiger charge is 2.55. The predicted molar refractivity (Wildman–Crippen MR) is 91.0 cm³/mol. The second-order valence-electron chi connectivity index (χ2n) is 8.79. The van der Waals surface area contributed by atoms with Crippen molar-refractivity contribution in [2.75, 3.05) is 0 Å². The van der Waals surface area contributed by atoms with Crippen LogP contribution in [0.25, 0.3) is 0 Å². The molecule has 3 aliphatic carbocycles. The van der Waals surface area contributed by atoms with Crippen molar-refractivity contribution in [3.63, 3.8) is 0 Å². The highest BCUT2D eigenvalue weighted by Crippen LogP contribution is 2.58. The molecule has 0 saturated heterocycles. The molecule has 1 aromatic rings. The van der Waals surface area contributed by atoms with Gasteiger partial charge in [0, 0.05) is 10.8 Å². The predicted octanol–water partition coefficient (Wildman–Crippen LogP) is 4.73. The average Bonchev–Trinajstić information content (AvgIpc) is 3.34. The fourth-order valence-corrected chi connectivity index (χ4v) is 4.90. The topological polar surface area (TPSA) is 20.2 Å². The number of hydrogen-bond donors (Lipinski definition) is 1. The van der Waals surface area contributed by atoms with E-state index in [0.717, 1.165) is 0 Å². The van der Waals surface area contributed by atoms with Crippen molar-refractivity contribution in [2.45, 2.75) is 69.8 Å². The number of hydrogen-bond acceptors (Lipinski definition) is 1. The third-order valence-corrected chi connectivity index (χ3v) is 6.46. The van der Waals surface area contributed by atoms with Crippen LogP contribution in [0.5, 0.6) is 0 Å². The van der Waals surface area contributed by atoms with Gasteiger partial charge in [0.2, 0.25) is 0 Å². The van der Waals surface area contributed by atoms with Crippen molar-refractivity contribution in [1.82, 2.24) is 0 Å². The molecule has 3 aliphatic rings. The summed E-state index contributed by atoms with van der Waals surface area (Å²) in [5, 5.41) is 11.4. The second kappa shape index (κ2) is 4.26. The van der Waals surface area contributed by atoms with Crippen LogP contribution >= 0.6 is 0 Å². The number of allylic oxidation sites excluding steroid dienone is 1.